The van der Waals surface area contributed by atoms with Crippen LogP contribution in [0.25, 0.3) is 0 Å². The van der Waals surface area contributed by atoms with E-state index in [1.54, 1.807) is 0 Å². The molecule has 1 aromatic rings. The Labute approximate surface area is 152 Å². The second kappa shape index (κ2) is 8.43. The summed E-state index contributed by atoms with van der Waals surface area (Å²) in [5.74, 6) is -0.0141. The van der Waals surface area contributed by atoms with Crippen molar-refractivity contribution in [2.24, 2.45) is 0 Å². The van der Waals surface area contributed by atoms with Gasteiger partial charge in [-0.25, -0.2) is 9.78 Å². The minimum atomic E-state index is -0.821. The van der Waals surface area contributed by atoms with Gasteiger partial charge in [-0.15, -0.1) is 0 Å². The number of benzene rings is 1. The van der Waals surface area contributed by atoms with Gasteiger partial charge in [0.05, 0.1) is 5.60 Å². The van der Waals surface area contributed by atoms with Gasteiger partial charge in [-0.2, -0.15) is 0 Å². The smallest absolute Gasteiger partial charge is 0.194 e. The van der Waals surface area contributed by atoms with Gasteiger partial charge in [0.1, 0.15) is 11.2 Å². The van der Waals surface area contributed by atoms with Crippen LogP contribution < -0.4 is 0 Å². The van der Waals surface area contributed by atoms with E-state index in [9.17, 15) is 4.79 Å². The maximum atomic E-state index is 12.7. The summed E-state index contributed by atoms with van der Waals surface area (Å²) in [6.07, 6.45) is 2.00. The molecular weight excluding hydrogens is 316 g/mol. The lowest BCUT2D eigenvalue weighted by atomic mass is 9.92. The van der Waals surface area contributed by atoms with Gasteiger partial charge in [0.15, 0.2) is 5.78 Å². The van der Waals surface area contributed by atoms with Crippen molar-refractivity contribution in [2.45, 2.75) is 85.0 Å². The van der Waals surface area contributed by atoms with Crippen LogP contribution in [0.5, 0.6) is 0 Å². The van der Waals surface area contributed by atoms with Crippen LogP contribution in [0.2, 0.25) is 0 Å². The van der Waals surface area contributed by atoms with Gasteiger partial charge >= 0.3 is 0 Å². The van der Waals surface area contributed by atoms with E-state index >= 15 is 0 Å². The average molecular weight is 350 g/mol. The molecule has 0 N–H and O–H groups in total. The van der Waals surface area contributed by atoms with Crippen LogP contribution in [0.15, 0.2) is 24.3 Å². The molecule has 0 spiro atoms. The molecule has 142 valence electrons. The van der Waals surface area contributed by atoms with E-state index < -0.39 is 11.2 Å². The highest BCUT2D eigenvalue weighted by molar-refractivity contribution is 6.02. The number of unbranched alkanes of at least 4 members (excludes halogenated alkanes) is 1. The monoisotopic (exact) mass is 350 g/mol. The highest BCUT2D eigenvalue weighted by atomic mass is 17.2. The molecule has 0 amide bonds. The first kappa shape index (κ1) is 21.8. The van der Waals surface area contributed by atoms with Crippen LogP contribution in [0, 0.1) is 0 Å². The van der Waals surface area contributed by atoms with Crippen molar-refractivity contribution in [3.05, 3.63) is 35.4 Å². The number of Topliss-reactive ketones (excluding diaryl/α,β-unsaturated/α-hetero) is 1. The summed E-state index contributed by atoms with van der Waals surface area (Å²) >= 11 is 0. The molecule has 0 bridgehead atoms. The van der Waals surface area contributed by atoms with Crippen LogP contribution in [-0.4, -0.2) is 23.6 Å². The number of carbonyl (C=O) groups is 1. The number of ketones is 1. The van der Waals surface area contributed by atoms with Crippen molar-refractivity contribution in [2.75, 3.05) is 6.61 Å². The van der Waals surface area contributed by atoms with Gasteiger partial charge in [-0.3, -0.25) is 4.79 Å². The Balaban J connectivity index is 2.82. The van der Waals surface area contributed by atoms with E-state index in [2.05, 4.69) is 6.92 Å². The lowest BCUT2D eigenvalue weighted by molar-refractivity contribution is -0.401. The van der Waals surface area contributed by atoms with Gasteiger partial charge < -0.3 is 4.74 Å². The number of hydrogen-bond acceptors (Lipinski definition) is 4. The summed E-state index contributed by atoms with van der Waals surface area (Å²) in [7, 11) is 0. The summed E-state index contributed by atoms with van der Waals surface area (Å²) in [6.45, 7) is 16.0. The quantitative estimate of drug-likeness (QED) is 0.257. The second-order valence-corrected chi connectivity index (χ2v) is 8.41. The zero-order valence-electron chi connectivity index (χ0n) is 17.1. The third-order valence-electron chi connectivity index (χ3n) is 3.85. The van der Waals surface area contributed by atoms with Crippen molar-refractivity contribution >= 4 is 5.78 Å². The van der Waals surface area contributed by atoms with E-state index in [0.29, 0.717) is 12.2 Å². The SMILES string of the molecule is CCCCOC(C)(C)C(=O)c1ccc(C(C)(C)OOC(C)(C)C)cc1. The van der Waals surface area contributed by atoms with Gasteiger partial charge in [0, 0.05) is 12.2 Å². The predicted octanol–water partition coefficient (Wildman–Crippen LogP) is 5.45. The van der Waals surface area contributed by atoms with Crippen LogP contribution in [0.3, 0.4) is 0 Å². The zero-order valence-corrected chi connectivity index (χ0v) is 17.1. The molecule has 0 aliphatic carbocycles. The molecule has 1 aromatic carbocycles. The van der Waals surface area contributed by atoms with Crippen molar-refractivity contribution in [1.82, 2.24) is 0 Å². The number of carbonyl (C=O) groups excluding carboxylic acids is 1. The van der Waals surface area contributed by atoms with Crippen molar-refractivity contribution < 1.29 is 19.3 Å². The molecule has 0 saturated heterocycles. The first-order valence-electron chi connectivity index (χ1n) is 9.05. The minimum absolute atomic E-state index is 0.0141. The molecule has 0 saturated carbocycles. The van der Waals surface area contributed by atoms with E-state index in [4.69, 9.17) is 14.5 Å². The number of ether oxygens (including phenoxy) is 1. The molecule has 0 heterocycles. The van der Waals surface area contributed by atoms with E-state index in [0.717, 1.165) is 18.4 Å². The Hall–Kier alpha value is -1.23. The Bertz CT molecular complexity index is 550. The van der Waals surface area contributed by atoms with Crippen LogP contribution in [0.4, 0.5) is 0 Å². The summed E-state index contributed by atoms with van der Waals surface area (Å²) in [6, 6.07) is 7.46. The molecule has 4 nitrogen and oxygen atoms in total. The van der Waals surface area contributed by atoms with Crippen LogP contribution >= 0.6 is 0 Å². The maximum Gasteiger partial charge on any atom is 0.194 e. The van der Waals surface area contributed by atoms with Crippen LogP contribution in [0.1, 0.15) is 84.2 Å². The summed E-state index contributed by atoms with van der Waals surface area (Å²) in [5, 5.41) is 0. The standard InChI is InChI=1S/C21H34O4/c1-9-10-15-23-21(7,8)18(22)16-11-13-17(14-12-16)20(5,6)25-24-19(2,3)4/h11-14H,9-10,15H2,1-8H3. The molecule has 0 aliphatic heterocycles. The Morgan fingerprint density at radius 2 is 1.48 bits per heavy atom. The number of hydrogen-bond donors (Lipinski definition) is 0. The summed E-state index contributed by atoms with van der Waals surface area (Å²) < 4.78 is 5.77. The molecule has 0 fully saturated rings. The molecule has 1 rings (SSSR count). The predicted molar refractivity (Wildman–Crippen MR) is 101 cm³/mol. The first-order valence-corrected chi connectivity index (χ1v) is 9.05. The molecule has 0 aromatic heterocycles. The minimum Gasteiger partial charge on any atom is -0.367 e. The fourth-order valence-electron chi connectivity index (χ4n) is 2.19. The molecule has 25 heavy (non-hydrogen) atoms. The van der Waals surface area contributed by atoms with Crippen LogP contribution in [-0.2, 0) is 20.1 Å². The lowest BCUT2D eigenvalue weighted by Crippen LogP contribution is -2.35. The van der Waals surface area contributed by atoms with Gasteiger partial charge in [-0.1, -0.05) is 37.6 Å². The maximum absolute atomic E-state index is 12.7. The van der Waals surface area contributed by atoms with E-state index in [-0.39, 0.29) is 11.4 Å². The zero-order chi connectivity index (χ0) is 19.3. The number of rotatable bonds is 9. The molecule has 0 atom stereocenters. The van der Waals surface area contributed by atoms with E-state index in [1.165, 1.54) is 0 Å². The Kier molecular flexibility index (Phi) is 7.36. The molecular formula is C21H34O4. The second-order valence-electron chi connectivity index (χ2n) is 8.41. The molecule has 0 aliphatic rings. The van der Waals surface area contributed by atoms with Gasteiger partial charge in [0.2, 0.25) is 0 Å². The largest absolute Gasteiger partial charge is 0.367 e. The average Bonchev–Trinajstić information content (AvgIpc) is 2.52. The van der Waals surface area contributed by atoms with Gasteiger partial charge in [0.25, 0.3) is 0 Å². The summed E-state index contributed by atoms with van der Waals surface area (Å²) in [4.78, 5) is 23.7. The van der Waals surface area contributed by atoms with Crippen molar-refractivity contribution in [3.63, 3.8) is 0 Å². The van der Waals surface area contributed by atoms with E-state index in [1.807, 2.05) is 72.7 Å². The normalized spacial score (nSPS) is 13.1. The Morgan fingerprint density at radius 1 is 0.920 bits per heavy atom. The summed E-state index contributed by atoms with van der Waals surface area (Å²) in [5.41, 5.74) is -0.233. The van der Waals surface area contributed by atoms with Crippen molar-refractivity contribution in [1.29, 1.82) is 0 Å². The first-order chi connectivity index (χ1) is 11.4. The van der Waals surface area contributed by atoms with Gasteiger partial charge in [-0.05, 0) is 60.5 Å². The molecule has 0 unspecified atom stereocenters. The third kappa shape index (κ3) is 6.89. The highest BCUT2D eigenvalue weighted by Crippen LogP contribution is 2.28. The third-order valence-corrected chi connectivity index (χ3v) is 3.85. The fourth-order valence-corrected chi connectivity index (χ4v) is 2.19. The molecule has 4 heteroatoms. The topological polar surface area (TPSA) is 44.8 Å². The van der Waals surface area contributed by atoms with Crippen molar-refractivity contribution in [3.8, 4) is 0 Å². The Morgan fingerprint density at radius 3 is 1.96 bits per heavy atom. The lowest BCUT2D eigenvalue weighted by Gasteiger charge is -2.29. The molecule has 0 radical (unpaired) electrons. The fraction of sp³-hybridized carbons (Fsp3) is 0.667. The highest BCUT2D eigenvalue weighted by Gasteiger charge is 2.30.